The monoisotopic (exact) mass is 883 g/mol. The molecule has 54 heavy (non-hydrogen) atoms. The van der Waals surface area contributed by atoms with Crippen LogP contribution in [0, 0.1) is 0 Å². The van der Waals surface area contributed by atoms with Crippen LogP contribution >= 0.6 is 55.1 Å². The number of isocyanates is 1. The van der Waals surface area contributed by atoms with Crippen LogP contribution in [0.5, 0.6) is 0 Å². The molecule has 272 valence electrons. The van der Waals surface area contributed by atoms with E-state index in [2.05, 4.69) is 36.9 Å². The van der Waals surface area contributed by atoms with Gasteiger partial charge < -0.3 is 5.11 Å². The zero-order chi connectivity index (χ0) is 38.5. The minimum absolute atomic E-state index is 0.111. The molecule has 7 rings (SSSR count). The van der Waals surface area contributed by atoms with Gasteiger partial charge in [-0.1, -0.05) is 128 Å². The average molecular weight is 886 g/mol. The molecule has 0 bridgehead atoms. The van der Waals surface area contributed by atoms with Gasteiger partial charge in [-0.2, -0.15) is 4.99 Å². The van der Waals surface area contributed by atoms with Crippen LogP contribution in [-0.4, -0.2) is 29.5 Å². The van der Waals surface area contributed by atoms with Crippen LogP contribution in [0.2, 0.25) is 10.0 Å². The summed E-state index contributed by atoms with van der Waals surface area (Å²) in [6.45, 7) is 0.111. The van der Waals surface area contributed by atoms with Gasteiger partial charge in [0.15, 0.2) is 11.5 Å². The van der Waals surface area contributed by atoms with Crippen LogP contribution in [0.3, 0.4) is 0 Å². The minimum Gasteiger partial charge on any atom is -0.365 e. The number of Topliss-reactive ketones (excluding diaryl/α,β-unsaturated/α-hetero) is 1. The number of carbonyl (C=O) groups is 2. The lowest BCUT2D eigenvalue weighted by Crippen LogP contribution is -2.44. The average Bonchev–Trinajstić information content (AvgIpc) is 3.47. The standard InChI is InChI=1S/C21H16BrClN2O2.C15H13BrO.C7H4ClNO/c22-16-6-10-18(11-7-16)24-14-21(27,15-4-2-1-3-5-15)25(20(24)26)19-12-8-17(23)9-13-19;16-14-9-6-12(7-10-14)8-11-15(17)13-4-2-1-3-5-13;8-6-1-3-7(4-2-6)9-5-10/h1-13,27H,14H2;1-7,9-10H,8,11H2;1-4H. The van der Waals surface area contributed by atoms with Crippen LogP contribution in [-0.2, 0) is 16.9 Å². The maximum absolute atomic E-state index is 13.3. The number of carbonyl (C=O) groups excluding carboxylic acids is 3. The molecule has 1 aliphatic heterocycles. The number of halogens is 4. The Morgan fingerprint density at radius 3 is 1.76 bits per heavy atom. The van der Waals surface area contributed by atoms with E-state index in [0.29, 0.717) is 39.1 Å². The number of aryl methyl sites for hydroxylation is 1. The second-order valence-electron chi connectivity index (χ2n) is 11.9. The summed E-state index contributed by atoms with van der Waals surface area (Å²) in [4.78, 5) is 41.3. The minimum atomic E-state index is -1.50. The van der Waals surface area contributed by atoms with Gasteiger partial charge in [-0.05, 0) is 96.9 Å². The molecule has 1 fully saturated rings. The second kappa shape index (κ2) is 19.5. The van der Waals surface area contributed by atoms with E-state index < -0.39 is 5.72 Å². The molecule has 1 heterocycles. The van der Waals surface area contributed by atoms with E-state index in [1.807, 2.05) is 109 Å². The zero-order valence-corrected chi connectivity index (χ0v) is 33.3. The van der Waals surface area contributed by atoms with Gasteiger partial charge in [0.1, 0.15) is 0 Å². The summed E-state index contributed by atoms with van der Waals surface area (Å²) < 4.78 is 1.99. The van der Waals surface area contributed by atoms with Gasteiger partial charge in [0.05, 0.1) is 12.2 Å². The Hall–Kier alpha value is -4.86. The normalized spacial score (nSPS) is 14.6. The molecule has 0 radical (unpaired) electrons. The van der Waals surface area contributed by atoms with Gasteiger partial charge in [-0.25, -0.2) is 9.59 Å². The maximum Gasteiger partial charge on any atom is 0.331 e. The van der Waals surface area contributed by atoms with Crippen LogP contribution in [0.1, 0.15) is 27.9 Å². The first-order valence-electron chi connectivity index (χ1n) is 16.6. The Morgan fingerprint density at radius 2 is 1.20 bits per heavy atom. The van der Waals surface area contributed by atoms with Crippen molar-refractivity contribution in [1.82, 2.24) is 0 Å². The summed E-state index contributed by atoms with van der Waals surface area (Å²) in [5.74, 6) is 0.202. The number of ketones is 1. The van der Waals surface area contributed by atoms with Crippen molar-refractivity contribution in [1.29, 1.82) is 0 Å². The van der Waals surface area contributed by atoms with Crippen LogP contribution < -0.4 is 9.80 Å². The Labute approximate surface area is 340 Å². The predicted molar refractivity (Wildman–Crippen MR) is 224 cm³/mol. The molecular formula is C43H33Br2Cl2N3O4. The first-order chi connectivity index (χ1) is 26.1. The number of urea groups is 1. The number of β-amino-alcohol motifs (C(OH)–C–C–N with tert-alkyl or cyclic N) is 1. The molecular weight excluding hydrogens is 853 g/mol. The van der Waals surface area contributed by atoms with Crippen molar-refractivity contribution in [2.45, 2.75) is 18.6 Å². The van der Waals surface area contributed by atoms with Crippen molar-refractivity contribution in [3.05, 3.63) is 193 Å². The third kappa shape index (κ3) is 10.9. The number of hydrogen-bond acceptors (Lipinski definition) is 5. The van der Waals surface area contributed by atoms with Crippen LogP contribution in [0.15, 0.2) is 172 Å². The van der Waals surface area contributed by atoms with Gasteiger partial charge in [-0.15, -0.1) is 0 Å². The van der Waals surface area contributed by atoms with Crippen molar-refractivity contribution < 1.29 is 19.5 Å². The topological polar surface area (TPSA) is 90.3 Å². The summed E-state index contributed by atoms with van der Waals surface area (Å²) in [5.41, 5.74) is 3.00. The van der Waals surface area contributed by atoms with Crippen LogP contribution in [0.25, 0.3) is 0 Å². The second-order valence-corrected chi connectivity index (χ2v) is 14.6. The smallest absolute Gasteiger partial charge is 0.331 e. The molecule has 7 nitrogen and oxygen atoms in total. The number of aliphatic imine (C=N–C) groups is 1. The molecule has 11 heteroatoms. The van der Waals surface area contributed by atoms with Gasteiger partial charge >= 0.3 is 6.03 Å². The summed E-state index contributed by atoms with van der Waals surface area (Å²) in [5, 5.41) is 12.8. The van der Waals surface area contributed by atoms with E-state index in [1.165, 1.54) is 16.5 Å². The Bertz CT molecular complexity index is 2190. The first kappa shape index (κ1) is 40.3. The van der Waals surface area contributed by atoms with E-state index in [1.54, 1.807) is 53.4 Å². The maximum atomic E-state index is 13.3. The molecule has 2 amide bonds. The summed E-state index contributed by atoms with van der Waals surface area (Å²) in [6, 6.07) is 47.4. The number of nitrogens with zero attached hydrogens (tertiary/aromatic N) is 3. The fourth-order valence-electron chi connectivity index (χ4n) is 5.55. The molecule has 1 saturated heterocycles. The third-order valence-electron chi connectivity index (χ3n) is 8.28. The third-order valence-corrected chi connectivity index (χ3v) is 9.84. The van der Waals surface area contributed by atoms with Crippen molar-refractivity contribution in [2.24, 2.45) is 4.99 Å². The predicted octanol–water partition coefficient (Wildman–Crippen LogP) is 12.0. The first-order valence-corrected chi connectivity index (χ1v) is 19.0. The highest BCUT2D eigenvalue weighted by atomic mass is 79.9. The van der Waals surface area contributed by atoms with Crippen molar-refractivity contribution in [2.75, 3.05) is 16.3 Å². The SMILES string of the molecule is O=C(CCc1ccc(Br)cc1)c1ccccc1.O=C1N(c2ccc(Br)cc2)CC(O)(c2ccccc2)N1c1ccc(Cl)cc1.O=C=Nc1ccc(Cl)cc1. The number of benzene rings is 6. The lowest BCUT2D eigenvalue weighted by Gasteiger charge is -2.32. The van der Waals surface area contributed by atoms with Gasteiger partial charge in [0, 0.05) is 47.9 Å². The van der Waals surface area contributed by atoms with Crippen molar-refractivity contribution in [3.63, 3.8) is 0 Å². The Morgan fingerprint density at radius 1 is 0.704 bits per heavy atom. The highest BCUT2D eigenvalue weighted by Crippen LogP contribution is 2.40. The molecule has 0 aliphatic carbocycles. The number of rotatable bonds is 8. The molecule has 6 aromatic rings. The fraction of sp³-hybridized carbons (Fsp3) is 0.0930. The molecule has 0 spiro atoms. The number of aliphatic hydroxyl groups is 1. The highest BCUT2D eigenvalue weighted by Gasteiger charge is 2.51. The van der Waals surface area contributed by atoms with E-state index in [-0.39, 0.29) is 18.4 Å². The Balaban J connectivity index is 0.000000176. The fourth-order valence-corrected chi connectivity index (χ4v) is 6.33. The van der Waals surface area contributed by atoms with E-state index in [0.717, 1.165) is 20.9 Å². The zero-order valence-electron chi connectivity index (χ0n) is 28.7. The number of hydrogen-bond donors (Lipinski definition) is 1. The van der Waals surface area contributed by atoms with Gasteiger partial charge in [-0.3, -0.25) is 14.6 Å². The summed E-state index contributed by atoms with van der Waals surface area (Å²) >= 11 is 18.4. The lowest BCUT2D eigenvalue weighted by molar-refractivity contribution is 0.0655. The van der Waals surface area contributed by atoms with Crippen molar-refractivity contribution in [3.8, 4) is 0 Å². The Kier molecular flexibility index (Phi) is 14.5. The molecule has 1 aliphatic rings. The largest absolute Gasteiger partial charge is 0.365 e. The highest BCUT2D eigenvalue weighted by molar-refractivity contribution is 9.10. The summed E-state index contributed by atoms with van der Waals surface area (Å²) in [6.07, 6.45) is 2.79. The number of anilines is 2. The molecule has 0 saturated carbocycles. The van der Waals surface area contributed by atoms with E-state index in [9.17, 15) is 19.5 Å². The van der Waals surface area contributed by atoms with Gasteiger partial charge in [0.2, 0.25) is 6.08 Å². The van der Waals surface area contributed by atoms with Crippen molar-refractivity contribution >= 4 is 90.0 Å². The quantitative estimate of drug-likeness (QED) is 0.0936. The van der Waals surface area contributed by atoms with Gasteiger partial charge in [0.25, 0.3) is 0 Å². The van der Waals surface area contributed by atoms with E-state index in [4.69, 9.17) is 23.2 Å². The molecule has 1 atom stereocenters. The summed E-state index contributed by atoms with van der Waals surface area (Å²) in [7, 11) is 0. The number of amides is 2. The van der Waals surface area contributed by atoms with Crippen LogP contribution in [0.4, 0.5) is 21.9 Å². The lowest BCUT2D eigenvalue weighted by atomic mass is 10.0. The molecule has 1 N–H and O–H groups in total. The molecule has 6 aromatic carbocycles. The van der Waals surface area contributed by atoms with E-state index >= 15 is 0 Å². The molecule has 0 aromatic heterocycles. The molecule has 1 unspecified atom stereocenters.